The lowest BCUT2D eigenvalue weighted by molar-refractivity contribution is 0.414. The van der Waals surface area contributed by atoms with Gasteiger partial charge < -0.3 is 9.72 Å². The van der Waals surface area contributed by atoms with Crippen molar-refractivity contribution in [1.82, 2.24) is 9.71 Å². The molecule has 0 aliphatic heterocycles. The molecule has 0 amide bonds. The van der Waals surface area contributed by atoms with E-state index in [2.05, 4.69) is 9.71 Å². The van der Waals surface area contributed by atoms with Gasteiger partial charge in [-0.15, -0.1) is 0 Å². The van der Waals surface area contributed by atoms with Crippen molar-refractivity contribution in [2.24, 2.45) is 0 Å². The summed E-state index contributed by atoms with van der Waals surface area (Å²) in [6.45, 7) is 5.58. The van der Waals surface area contributed by atoms with Crippen LogP contribution >= 0.6 is 0 Å². The van der Waals surface area contributed by atoms with Crippen LogP contribution in [0.15, 0.2) is 46.1 Å². The van der Waals surface area contributed by atoms with E-state index < -0.39 is 10.0 Å². The lowest BCUT2D eigenvalue weighted by Crippen LogP contribution is -2.27. The molecule has 0 saturated heterocycles. The zero-order chi connectivity index (χ0) is 19.8. The molecule has 27 heavy (non-hydrogen) atoms. The number of methoxy groups -OCH3 is 1. The first-order chi connectivity index (χ1) is 12.7. The highest BCUT2D eigenvalue weighted by Gasteiger charge is 2.18. The molecule has 142 valence electrons. The van der Waals surface area contributed by atoms with Crippen LogP contribution in [0.4, 0.5) is 0 Å². The summed E-state index contributed by atoms with van der Waals surface area (Å²) in [5, 5.41) is 0.868. The highest BCUT2D eigenvalue weighted by atomic mass is 32.2. The van der Waals surface area contributed by atoms with E-state index in [1.54, 1.807) is 25.1 Å². The Morgan fingerprint density at radius 1 is 1.00 bits per heavy atom. The van der Waals surface area contributed by atoms with Crippen molar-refractivity contribution < 1.29 is 13.2 Å². The highest BCUT2D eigenvalue weighted by Crippen LogP contribution is 2.21. The second-order valence-electron chi connectivity index (χ2n) is 6.60. The highest BCUT2D eigenvalue weighted by molar-refractivity contribution is 7.89. The fourth-order valence-corrected chi connectivity index (χ4v) is 4.19. The Labute approximate surface area is 158 Å². The lowest BCUT2D eigenvalue weighted by Gasteiger charge is -2.11. The Kier molecular flexibility index (Phi) is 5.08. The fourth-order valence-electron chi connectivity index (χ4n) is 2.95. The topological polar surface area (TPSA) is 88.3 Å². The van der Waals surface area contributed by atoms with E-state index in [1.165, 1.54) is 13.2 Å². The van der Waals surface area contributed by atoms with Crippen LogP contribution in [0.5, 0.6) is 5.75 Å². The van der Waals surface area contributed by atoms with Crippen molar-refractivity contribution in [3.05, 3.63) is 69.0 Å². The van der Waals surface area contributed by atoms with E-state index in [0.29, 0.717) is 16.9 Å². The number of pyridine rings is 1. The molecule has 0 saturated carbocycles. The van der Waals surface area contributed by atoms with Crippen LogP contribution in [0, 0.1) is 20.8 Å². The summed E-state index contributed by atoms with van der Waals surface area (Å²) in [4.78, 5) is 15.3. The Morgan fingerprint density at radius 3 is 2.37 bits per heavy atom. The summed E-state index contributed by atoms with van der Waals surface area (Å²) >= 11 is 0. The molecule has 0 aliphatic rings. The molecule has 3 rings (SSSR count). The summed E-state index contributed by atoms with van der Waals surface area (Å²) in [5.41, 5.74) is 3.55. The zero-order valence-electron chi connectivity index (χ0n) is 15.7. The van der Waals surface area contributed by atoms with Crippen molar-refractivity contribution >= 4 is 20.9 Å². The fraction of sp³-hybridized carbons (Fsp3) is 0.250. The van der Waals surface area contributed by atoms with E-state index >= 15 is 0 Å². The zero-order valence-corrected chi connectivity index (χ0v) is 16.5. The molecule has 1 aromatic heterocycles. The van der Waals surface area contributed by atoms with Crippen LogP contribution in [-0.4, -0.2) is 20.5 Å². The van der Waals surface area contributed by atoms with E-state index in [-0.39, 0.29) is 17.0 Å². The standard InChI is InChI=1S/C20H22N2O4S/c1-12-7-15-10-16(20(23)22-18(15)9-13(12)2)11-21-27(24,25)19-6-5-17(26-4)8-14(19)3/h5-10,21H,11H2,1-4H3,(H,22,23). The second-order valence-corrected chi connectivity index (χ2v) is 8.34. The molecule has 0 spiro atoms. The number of hydrogen-bond donors (Lipinski definition) is 2. The van der Waals surface area contributed by atoms with Crippen molar-refractivity contribution in [3.63, 3.8) is 0 Å². The molecular formula is C20H22N2O4S. The Morgan fingerprint density at radius 2 is 1.70 bits per heavy atom. The monoisotopic (exact) mass is 386 g/mol. The minimum Gasteiger partial charge on any atom is -0.497 e. The third kappa shape index (κ3) is 3.89. The average molecular weight is 386 g/mol. The smallest absolute Gasteiger partial charge is 0.252 e. The van der Waals surface area contributed by atoms with E-state index in [0.717, 1.165) is 22.0 Å². The van der Waals surface area contributed by atoms with Gasteiger partial charge in [0.05, 0.1) is 12.0 Å². The Balaban J connectivity index is 1.90. The molecule has 6 nitrogen and oxygen atoms in total. The summed E-state index contributed by atoms with van der Waals surface area (Å²) < 4.78 is 32.9. The Bertz CT molecular complexity index is 1180. The molecule has 1 heterocycles. The van der Waals surface area contributed by atoms with Crippen LogP contribution in [-0.2, 0) is 16.6 Å². The van der Waals surface area contributed by atoms with Crippen LogP contribution in [0.1, 0.15) is 22.3 Å². The number of aromatic amines is 1. The summed E-state index contributed by atoms with van der Waals surface area (Å²) in [6, 6.07) is 10.4. The number of H-pyrrole nitrogens is 1. The number of benzene rings is 2. The molecule has 0 aliphatic carbocycles. The molecule has 7 heteroatoms. The number of fused-ring (bicyclic) bond motifs is 1. The maximum Gasteiger partial charge on any atom is 0.252 e. The van der Waals surface area contributed by atoms with Gasteiger partial charge in [-0.2, -0.15) is 0 Å². The van der Waals surface area contributed by atoms with Crippen LogP contribution < -0.4 is 15.0 Å². The van der Waals surface area contributed by atoms with Gasteiger partial charge >= 0.3 is 0 Å². The first-order valence-electron chi connectivity index (χ1n) is 8.49. The van der Waals surface area contributed by atoms with Crippen molar-refractivity contribution in [1.29, 1.82) is 0 Å². The number of aryl methyl sites for hydroxylation is 3. The second kappa shape index (κ2) is 7.17. The third-order valence-corrected chi connectivity index (χ3v) is 6.22. The number of rotatable bonds is 5. The molecule has 0 atom stereocenters. The van der Waals surface area contributed by atoms with Crippen LogP contribution in [0.3, 0.4) is 0 Å². The molecule has 0 radical (unpaired) electrons. The predicted molar refractivity (Wildman–Crippen MR) is 106 cm³/mol. The quantitative estimate of drug-likeness (QED) is 0.706. The number of ether oxygens (including phenoxy) is 1. The maximum atomic E-state index is 12.6. The van der Waals surface area contributed by atoms with Gasteiger partial charge in [-0.05, 0) is 79.2 Å². The number of nitrogens with one attached hydrogen (secondary N) is 2. The summed E-state index contributed by atoms with van der Waals surface area (Å²) in [6.07, 6.45) is 0. The number of sulfonamides is 1. The van der Waals surface area contributed by atoms with Crippen molar-refractivity contribution in [2.75, 3.05) is 7.11 Å². The number of aromatic nitrogens is 1. The molecular weight excluding hydrogens is 364 g/mol. The normalized spacial score (nSPS) is 11.7. The minimum absolute atomic E-state index is 0.0913. The lowest BCUT2D eigenvalue weighted by atomic mass is 10.1. The van der Waals surface area contributed by atoms with Crippen molar-refractivity contribution in [3.8, 4) is 5.75 Å². The van der Waals surface area contributed by atoms with Gasteiger partial charge in [0, 0.05) is 17.6 Å². The van der Waals surface area contributed by atoms with Gasteiger partial charge in [-0.25, -0.2) is 13.1 Å². The largest absolute Gasteiger partial charge is 0.497 e. The van der Waals surface area contributed by atoms with Crippen LogP contribution in [0.25, 0.3) is 10.9 Å². The minimum atomic E-state index is -3.76. The van der Waals surface area contributed by atoms with E-state index in [9.17, 15) is 13.2 Å². The van der Waals surface area contributed by atoms with E-state index in [1.807, 2.05) is 26.0 Å². The van der Waals surface area contributed by atoms with Crippen molar-refractivity contribution in [2.45, 2.75) is 32.2 Å². The number of hydrogen-bond acceptors (Lipinski definition) is 4. The molecule has 0 fully saturated rings. The third-order valence-electron chi connectivity index (χ3n) is 4.66. The van der Waals surface area contributed by atoms with Gasteiger partial charge in [0.15, 0.2) is 0 Å². The summed E-state index contributed by atoms with van der Waals surface area (Å²) in [5.74, 6) is 0.586. The molecule has 2 aromatic carbocycles. The van der Waals surface area contributed by atoms with Gasteiger partial charge in [-0.1, -0.05) is 0 Å². The first-order valence-corrected chi connectivity index (χ1v) is 9.97. The molecule has 2 N–H and O–H groups in total. The molecule has 3 aromatic rings. The SMILES string of the molecule is COc1ccc(S(=O)(=O)NCc2cc3cc(C)c(C)cc3[nH]c2=O)c(C)c1. The van der Waals surface area contributed by atoms with Gasteiger partial charge in [-0.3, -0.25) is 4.79 Å². The average Bonchev–Trinajstić information content (AvgIpc) is 2.61. The summed E-state index contributed by atoms with van der Waals surface area (Å²) in [7, 11) is -2.23. The first kappa shape index (κ1) is 19.1. The van der Waals surface area contributed by atoms with E-state index in [4.69, 9.17) is 4.74 Å². The molecule has 0 unspecified atom stereocenters. The van der Waals surface area contributed by atoms with Crippen LogP contribution in [0.2, 0.25) is 0 Å². The maximum absolute atomic E-state index is 12.6. The molecule has 0 bridgehead atoms. The van der Waals surface area contributed by atoms with Gasteiger partial charge in [0.1, 0.15) is 5.75 Å². The van der Waals surface area contributed by atoms with Gasteiger partial charge in [0.25, 0.3) is 5.56 Å². The van der Waals surface area contributed by atoms with Gasteiger partial charge in [0.2, 0.25) is 10.0 Å². The Hall–Kier alpha value is -2.64. The predicted octanol–water partition coefficient (Wildman–Crippen LogP) is 2.94.